The molecule has 0 spiro atoms. The number of hydrogen-bond acceptors (Lipinski definition) is 5. The van der Waals surface area contributed by atoms with E-state index in [1.807, 2.05) is 0 Å². The van der Waals surface area contributed by atoms with E-state index in [4.69, 9.17) is 10.00 Å². The third kappa shape index (κ3) is 4.42. The third-order valence-electron chi connectivity index (χ3n) is 4.96. The molecule has 0 aromatic rings. The summed E-state index contributed by atoms with van der Waals surface area (Å²) in [5.74, 6) is 0.136. The van der Waals surface area contributed by atoms with Crippen LogP contribution in [0.3, 0.4) is 0 Å². The van der Waals surface area contributed by atoms with E-state index in [9.17, 15) is 4.79 Å². The van der Waals surface area contributed by atoms with Crippen molar-refractivity contribution in [1.29, 1.82) is 5.26 Å². The first-order valence-electron chi connectivity index (χ1n) is 8.30. The Morgan fingerprint density at radius 2 is 2.09 bits per heavy atom. The van der Waals surface area contributed by atoms with Gasteiger partial charge in [0, 0.05) is 58.3 Å². The van der Waals surface area contributed by atoms with Crippen LogP contribution in [0.4, 0.5) is 0 Å². The first-order chi connectivity index (χ1) is 10.6. The summed E-state index contributed by atoms with van der Waals surface area (Å²) < 4.78 is 5.43. The fraction of sp³-hybridized carbons (Fsp3) is 0.875. The monoisotopic (exact) mass is 308 g/mol. The minimum Gasteiger partial charge on any atom is -0.379 e. The summed E-state index contributed by atoms with van der Waals surface area (Å²) in [7, 11) is 1.78. The van der Waals surface area contributed by atoms with Gasteiger partial charge >= 0.3 is 0 Å². The second kappa shape index (κ2) is 8.47. The van der Waals surface area contributed by atoms with E-state index >= 15 is 0 Å². The molecule has 2 fully saturated rings. The number of carbonyl (C=O) groups excluding carboxylic acids is 1. The van der Waals surface area contributed by atoms with Gasteiger partial charge in [0.2, 0.25) is 5.91 Å². The molecule has 0 aliphatic carbocycles. The highest BCUT2D eigenvalue weighted by Crippen LogP contribution is 2.23. The van der Waals surface area contributed by atoms with Crippen LogP contribution >= 0.6 is 0 Å². The molecule has 2 rings (SSSR count). The lowest BCUT2D eigenvalue weighted by Gasteiger charge is -2.36. The van der Waals surface area contributed by atoms with Gasteiger partial charge in [-0.25, -0.2) is 0 Å². The zero-order valence-electron chi connectivity index (χ0n) is 13.8. The summed E-state index contributed by atoms with van der Waals surface area (Å²) >= 11 is 0. The molecule has 2 saturated heterocycles. The van der Waals surface area contributed by atoms with Gasteiger partial charge in [0.05, 0.1) is 25.7 Å². The third-order valence-corrected chi connectivity index (χ3v) is 4.96. The molecular weight excluding hydrogens is 280 g/mol. The van der Waals surface area contributed by atoms with Crippen molar-refractivity contribution in [3.8, 4) is 6.07 Å². The predicted octanol–water partition coefficient (Wildman–Crippen LogP) is 0.544. The van der Waals surface area contributed by atoms with Gasteiger partial charge in [-0.15, -0.1) is 0 Å². The van der Waals surface area contributed by atoms with E-state index in [0.29, 0.717) is 31.5 Å². The van der Waals surface area contributed by atoms with Gasteiger partial charge in [-0.2, -0.15) is 5.26 Å². The first kappa shape index (κ1) is 17.2. The van der Waals surface area contributed by atoms with Gasteiger partial charge in [-0.3, -0.25) is 14.6 Å². The maximum absolute atomic E-state index is 12.1. The van der Waals surface area contributed by atoms with Crippen LogP contribution in [0.1, 0.15) is 26.2 Å². The van der Waals surface area contributed by atoms with E-state index in [1.165, 1.54) is 6.42 Å². The minimum absolute atomic E-state index is 0.136. The Morgan fingerprint density at radius 3 is 2.77 bits per heavy atom. The topological polar surface area (TPSA) is 59.8 Å². The average Bonchev–Trinajstić information content (AvgIpc) is 2.92. The Kier molecular flexibility index (Phi) is 6.62. The van der Waals surface area contributed by atoms with Crippen molar-refractivity contribution >= 4 is 5.91 Å². The molecule has 0 saturated carbocycles. The molecule has 0 N–H and O–H groups in total. The molecule has 0 aromatic carbocycles. The molecule has 2 atom stereocenters. The summed E-state index contributed by atoms with van der Waals surface area (Å²) in [4.78, 5) is 18.7. The van der Waals surface area contributed by atoms with E-state index in [-0.39, 0.29) is 5.91 Å². The molecule has 2 heterocycles. The molecule has 2 aliphatic heterocycles. The van der Waals surface area contributed by atoms with Gasteiger partial charge in [-0.1, -0.05) is 0 Å². The van der Waals surface area contributed by atoms with Gasteiger partial charge in [-0.05, 0) is 13.3 Å². The number of hydrogen-bond donors (Lipinski definition) is 0. The maximum Gasteiger partial charge on any atom is 0.223 e. The van der Waals surface area contributed by atoms with Crippen molar-refractivity contribution in [1.82, 2.24) is 14.7 Å². The SMILES string of the molecule is C[C@@H]1[C@H](N2CCOCC2)CCN1CCC(=O)N(C)CCC#N. The highest BCUT2D eigenvalue weighted by Gasteiger charge is 2.35. The highest BCUT2D eigenvalue weighted by molar-refractivity contribution is 5.76. The minimum atomic E-state index is 0.136. The van der Waals surface area contributed by atoms with Gasteiger partial charge in [0.15, 0.2) is 0 Å². The van der Waals surface area contributed by atoms with E-state index < -0.39 is 0 Å². The molecule has 0 radical (unpaired) electrons. The van der Waals surface area contributed by atoms with Crippen LogP contribution < -0.4 is 0 Å². The first-order valence-corrected chi connectivity index (χ1v) is 8.30. The number of nitriles is 1. The lowest BCUT2D eigenvalue weighted by atomic mass is 10.1. The Balaban J connectivity index is 1.74. The number of morpholine rings is 1. The molecule has 22 heavy (non-hydrogen) atoms. The molecule has 0 aromatic heterocycles. The fourth-order valence-corrected chi connectivity index (χ4v) is 3.47. The van der Waals surface area contributed by atoms with Crippen LogP contribution in [-0.4, -0.2) is 85.7 Å². The highest BCUT2D eigenvalue weighted by atomic mass is 16.5. The van der Waals surface area contributed by atoms with E-state index in [2.05, 4.69) is 22.8 Å². The molecular formula is C16H28N4O2. The van der Waals surface area contributed by atoms with E-state index in [0.717, 1.165) is 39.4 Å². The molecule has 124 valence electrons. The molecule has 2 aliphatic rings. The van der Waals surface area contributed by atoms with Crippen molar-refractivity contribution in [2.24, 2.45) is 0 Å². The van der Waals surface area contributed by atoms with Gasteiger partial charge in [0.25, 0.3) is 0 Å². The van der Waals surface area contributed by atoms with Crippen LogP contribution in [0.2, 0.25) is 0 Å². The number of rotatable bonds is 6. The number of carbonyl (C=O) groups is 1. The van der Waals surface area contributed by atoms with Crippen LogP contribution in [0.15, 0.2) is 0 Å². The summed E-state index contributed by atoms with van der Waals surface area (Å²) in [6.45, 7) is 8.42. The molecule has 0 bridgehead atoms. The molecule has 6 heteroatoms. The number of likely N-dealkylation sites (tertiary alicyclic amines) is 1. The molecule has 0 unspecified atom stereocenters. The van der Waals surface area contributed by atoms with Crippen molar-refractivity contribution in [3.63, 3.8) is 0 Å². The summed E-state index contributed by atoms with van der Waals surface area (Å²) in [5.41, 5.74) is 0. The Bertz CT molecular complexity index is 403. The zero-order valence-corrected chi connectivity index (χ0v) is 13.8. The summed E-state index contributed by atoms with van der Waals surface area (Å²) in [5, 5.41) is 8.58. The number of amides is 1. The van der Waals surface area contributed by atoms with E-state index in [1.54, 1.807) is 11.9 Å². The van der Waals surface area contributed by atoms with Crippen LogP contribution in [0, 0.1) is 11.3 Å². The van der Waals surface area contributed by atoms with Crippen molar-refractivity contribution < 1.29 is 9.53 Å². The smallest absolute Gasteiger partial charge is 0.223 e. The second-order valence-electron chi connectivity index (χ2n) is 6.25. The largest absolute Gasteiger partial charge is 0.379 e. The summed E-state index contributed by atoms with van der Waals surface area (Å²) in [6.07, 6.45) is 2.13. The predicted molar refractivity (Wildman–Crippen MR) is 84.3 cm³/mol. The Morgan fingerprint density at radius 1 is 1.36 bits per heavy atom. The maximum atomic E-state index is 12.1. The van der Waals surface area contributed by atoms with Crippen molar-refractivity contribution in [3.05, 3.63) is 0 Å². The van der Waals surface area contributed by atoms with Crippen molar-refractivity contribution in [2.45, 2.75) is 38.3 Å². The fourth-order valence-electron chi connectivity index (χ4n) is 3.47. The van der Waals surface area contributed by atoms with Crippen LogP contribution in [0.25, 0.3) is 0 Å². The summed E-state index contributed by atoms with van der Waals surface area (Å²) in [6, 6.07) is 3.17. The van der Waals surface area contributed by atoms with Crippen LogP contribution in [-0.2, 0) is 9.53 Å². The lowest BCUT2D eigenvalue weighted by Crippen LogP contribution is -2.48. The lowest BCUT2D eigenvalue weighted by molar-refractivity contribution is -0.130. The molecule has 6 nitrogen and oxygen atoms in total. The molecule has 1 amide bonds. The normalized spacial score (nSPS) is 26.8. The van der Waals surface area contributed by atoms with Gasteiger partial charge < -0.3 is 9.64 Å². The number of nitrogens with zero attached hydrogens (tertiary/aromatic N) is 4. The average molecular weight is 308 g/mol. The second-order valence-corrected chi connectivity index (χ2v) is 6.25. The quantitative estimate of drug-likeness (QED) is 0.717. The van der Waals surface area contributed by atoms with Gasteiger partial charge in [0.1, 0.15) is 0 Å². The Labute approximate surface area is 133 Å². The Hall–Kier alpha value is -1.16. The van der Waals surface area contributed by atoms with Crippen LogP contribution in [0.5, 0.6) is 0 Å². The zero-order chi connectivity index (χ0) is 15.9. The standard InChI is InChI=1S/C16H28N4O2/c1-14-15(20-10-12-22-13-11-20)4-8-19(14)9-5-16(21)18(2)7-3-6-17/h14-15H,3-5,7-13H2,1-2H3/t14-,15-/m1/s1. The van der Waals surface area contributed by atoms with Crippen molar-refractivity contribution in [2.75, 3.05) is 53.0 Å². The number of ether oxygens (including phenoxy) is 1.